The summed E-state index contributed by atoms with van der Waals surface area (Å²) < 4.78 is 7.03. The third-order valence-electron chi connectivity index (χ3n) is 2.67. The van der Waals surface area contributed by atoms with Crippen molar-refractivity contribution < 1.29 is 9.53 Å². The molecule has 2 aromatic carbocycles. The summed E-state index contributed by atoms with van der Waals surface area (Å²) in [4.78, 5) is 12.6. The lowest BCUT2D eigenvalue weighted by atomic mass is 10.0. The quantitative estimate of drug-likeness (QED) is 0.614. The molecule has 0 atom stereocenters. The second kappa shape index (κ2) is 6.74. The topological polar surface area (TPSA) is 26.3 Å². The Bertz CT molecular complexity index is 656. The summed E-state index contributed by atoms with van der Waals surface area (Å²) >= 11 is 12.6. The summed E-state index contributed by atoms with van der Waals surface area (Å²) in [6.45, 7) is 2.39. The Morgan fingerprint density at radius 3 is 2.60 bits per heavy atom. The zero-order chi connectivity index (χ0) is 14.7. The molecule has 0 saturated carbocycles. The van der Waals surface area contributed by atoms with Gasteiger partial charge in [-0.2, -0.15) is 0 Å². The fraction of sp³-hybridized carbons (Fsp3) is 0.133. The number of carbonyl (C=O) groups excluding carboxylic acids is 1. The van der Waals surface area contributed by atoms with Gasteiger partial charge >= 0.3 is 0 Å². The monoisotopic (exact) mass is 416 g/mol. The van der Waals surface area contributed by atoms with Crippen LogP contribution >= 0.6 is 43.5 Å². The molecule has 2 aromatic rings. The highest BCUT2D eigenvalue weighted by Gasteiger charge is 2.16. The van der Waals surface area contributed by atoms with E-state index in [9.17, 15) is 4.79 Å². The van der Waals surface area contributed by atoms with Crippen LogP contribution in [0.2, 0.25) is 5.02 Å². The highest BCUT2D eigenvalue weighted by atomic mass is 79.9. The average Bonchev–Trinajstić information content (AvgIpc) is 2.43. The normalized spacial score (nSPS) is 10.4. The lowest BCUT2D eigenvalue weighted by Gasteiger charge is -2.10. The summed E-state index contributed by atoms with van der Waals surface area (Å²) in [7, 11) is 0. The van der Waals surface area contributed by atoms with Crippen molar-refractivity contribution in [3.8, 4) is 5.75 Å². The van der Waals surface area contributed by atoms with Gasteiger partial charge in [-0.05, 0) is 59.3 Å². The third-order valence-corrected chi connectivity index (χ3v) is 4.38. The van der Waals surface area contributed by atoms with E-state index in [0.29, 0.717) is 33.0 Å². The maximum Gasteiger partial charge on any atom is 0.196 e. The SMILES string of the molecule is CCOc1ccc(Br)cc1C(=O)c1ccc(Cl)c(Br)c1. The van der Waals surface area contributed by atoms with Crippen molar-refractivity contribution in [1.82, 2.24) is 0 Å². The molecule has 0 amide bonds. The smallest absolute Gasteiger partial charge is 0.196 e. The fourth-order valence-electron chi connectivity index (χ4n) is 1.75. The first-order valence-electron chi connectivity index (χ1n) is 5.95. The van der Waals surface area contributed by atoms with Gasteiger partial charge in [0.1, 0.15) is 5.75 Å². The highest BCUT2D eigenvalue weighted by Crippen LogP contribution is 2.28. The van der Waals surface area contributed by atoms with Gasteiger partial charge in [-0.15, -0.1) is 0 Å². The lowest BCUT2D eigenvalue weighted by molar-refractivity contribution is 0.103. The fourth-order valence-corrected chi connectivity index (χ4v) is 2.61. The molecule has 0 saturated heterocycles. The molecule has 0 aliphatic rings. The maximum absolute atomic E-state index is 12.6. The minimum absolute atomic E-state index is 0.105. The van der Waals surface area contributed by atoms with E-state index in [4.69, 9.17) is 16.3 Å². The predicted octanol–water partition coefficient (Wildman–Crippen LogP) is 5.49. The molecule has 0 N–H and O–H groups in total. The predicted molar refractivity (Wildman–Crippen MR) is 87.9 cm³/mol. The number of hydrogen-bond donors (Lipinski definition) is 0. The summed E-state index contributed by atoms with van der Waals surface area (Å²) in [5.74, 6) is 0.471. The summed E-state index contributed by atoms with van der Waals surface area (Å²) in [6.07, 6.45) is 0. The van der Waals surface area contributed by atoms with Crippen LogP contribution in [0.3, 0.4) is 0 Å². The Hall–Kier alpha value is -0.840. The van der Waals surface area contributed by atoms with Gasteiger partial charge in [-0.25, -0.2) is 0 Å². The molecule has 0 aliphatic heterocycles. The molecule has 0 unspecified atom stereocenters. The van der Waals surface area contributed by atoms with E-state index in [-0.39, 0.29) is 5.78 Å². The number of rotatable bonds is 4. The molecule has 0 bridgehead atoms. The third kappa shape index (κ3) is 3.43. The molecular formula is C15H11Br2ClO2. The minimum Gasteiger partial charge on any atom is -0.493 e. The van der Waals surface area contributed by atoms with Gasteiger partial charge in [-0.3, -0.25) is 4.79 Å². The van der Waals surface area contributed by atoms with Crippen molar-refractivity contribution in [3.05, 3.63) is 61.5 Å². The maximum atomic E-state index is 12.6. The Morgan fingerprint density at radius 2 is 1.95 bits per heavy atom. The molecule has 0 aromatic heterocycles. The van der Waals surface area contributed by atoms with Crippen molar-refractivity contribution in [2.24, 2.45) is 0 Å². The van der Waals surface area contributed by atoms with Crippen LogP contribution in [0, 0.1) is 0 Å². The van der Waals surface area contributed by atoms with Gasteiger partial charge in [0.2, 0.25) is 0 Å². The van der Waals surface area contributed by atoms with E-state index in [1.165, 1.54) is 0 Å². The van der Waals surface area contributed by atoms with E-state index in [0.717, 1.165) is 4.47 Å². The van der Waals surface area contributed by atoms with Crippen LogP contribution in [0.4, 0.5) is 0 Å². The number of benzene rings is 2. The van der Waals surface area contributed by atoms with E-state index >= 15 is 0 Å². The molecule has 5 heteroatoms. The minimum atomic E-state index is -0.105. The van der Waals surface area contributed by atoms with Gasteiger partial charge in [0, 0.05) is 14.5 Å². The number of halogens is 3. The molecule has 0 fully saturated rings. The van der Waals surface area contributed by atoms with E-state index < -0.39 is 0 Å². The summed E-state index contributed by atoms with van der Waals surface area (Å²) in [5.41, 5.74) is 1.08. The van der Waals surface area contributed by atoms with Crippen molar-refractivity contribution in [2.45, 2.75) is 6.92 Å². The van der Waals surface area contributed by atoms with Crippen molar-refractivity contribution in [1.29, 1.82) is 0 Å². The Kier molecular flexibility index (Phi) is 5.24. The standard InChI is InChI=1S/C15H11Br2ClO2/c1-2-20-14-6-4-10(16)8-11(14)15(19)9-3-5-13(18)12(17)7-9/h3-8H,2H2,1H3. The molecule has 0 radical (unpaired) electrons. The van der Waals surface area contributed by atoms with E-state index in [1.807, 2.05) is 13.0 Å². The Balaban J connectivity index is 2.46. The molecule has 0 heterocycles. The van der Waals surface area contributed by atoms with E-state index in [1.54, 1.807) is 30.3 Å². The number of ether oxygens (including phenoxy) is 1. The van der Waals surface area contributed by atoms with Crippen LogP contribution in [0.1, 0.15) is 22.8 Å². The van der Waals surface area contributed by atoms with Crippen LogP contribution in [0.25, 0.3) is 0 Å². The Labute approximate surface area is 139 Å². The first kappa shape index (κ1) is 15.5. The van der Waals surface area contributed by atoms with Gasteiger partial charge in [0.25, 0.3) is 0 Å². The molecule has 2 rings (SSSR count). The molecule has 2 nitrogen and oxygen atoms in total. The van der Waals surface area contributed by atoms with Crippen LogP contribution in [0.15, 0.2) is 45.3 Å². The number of hydrogen-bond acceptors (Lipinski definition) is 2. The molecular weight excluding hydrogens is 407 g/mol. The van der Waals surface area contributed by atoms with Crippen LogP contribution in [-0.2, 0) is 0 Å². The van der Waals surface area contributed by atoms with Crippen LogP contribution < -0.4 is 4.74 Å². The van der Waals surface area contributed by atoms with Crippen molar-refractivity contribution in [3.63, 3.8) is 0 Å². The average molecular weight is 419 g/mol. The molecule has 20 heavy (non-hydrogen) atoms. The number of carbonyl (C=O) groups is 1. The molecule has 0 spiro atoms. The first-order valence-corrected chi connectivity index (χ1v) is 7.91. The van der Waals surface area contributed by atoms with Gasteiger partial charge in [-0.1, -0.05) is 27.5 Å². The second-order valence-electron chi connectivity index (χ2n) is 4.03. The van der Waals surface area contributed by atoms with Gasteiger partial charge in [0.05, 0.1) is 17.2 Å². The summed E-state index contributed by atoms with van der Waals surface area (Å²) in [5, 5.41) is 0.570. The zero-order valence-electron chi connectivity index (χ0n) is 10.6. The van der Waals surface area contributed by atoms with Crippen molar-refractivity contribution >= 4 is 49.2 Å². The van der Waals surface area contributed by atoms with Crippen LogP contribution in [0.5, 0.6) is 5.75 Å². The van der Waals surface area contributed by atoms with Gasteiger partial charge < -0.3 is 4.74 Å². The first-order chi connectivity index (χ1) is 9.52. The number of ketones is 1. The lowest BCUT2D eigenvalue weighted by Crippen LogP contribution is -2.05. The Morgan fingerprint density at radius 1 is 1.20 bits per heavy atom. The zero-order valence-corrected chi connectivity index (χ0v) is 14.5. The highest BCUT2D eigenvalue weighted by molar-refractivity contribution is 9.10. The van der Waals surface area contributed by atoms with Crippen LogP contribution in [-0.4, -0.2) is 12.4 Å². The van der Waals surface area contributed by atoms with E-state index in [2.05, 4.69) is 31.9 Å². The second-order valence-corrected chi connectivity index (χ2v) is 6.21. The van der Waals surface area contributed by atoms with Crippen molar-refractivity contribution in [2.75, 3.05) is 6.61 Å². The van der Waals surface area contributed by atoms with Gasteiger partial charge in [0.15, 0.2) is 5.78 Å². The molecule has 0 aliphatic carbocycles. The summed E-state index contributed by atoms with van der Waals surface area (Å²) in [6, 6.07) is 10.5. The largest absolute Gasteiger partial charge is 0.493 e. The molecule has 104 valence electrons.